The summed E-state index contributed by atoms with van der Waals surface area (Å²) < 4.78 is 0.843. The zero-order valence-corrected chi connectivity index (χ0v) is 14.6. The molecule has 1 unspecified atom stereocenters. The van der Waals surface area contributed by atoms with Crippen molar-refractivity contribution in [3.05, 3.63) is 28.7 Å². The van der Waals surface area contributed by atoms with E-state index in [4.69, 9.17) is 0 Å². The van der Waals surface area contributed by atoms with Gasteiger partial charge in [0.2, 0.25) is 11.8 Å². The van der Waals surface area contributed by atoms with Gasteiger partial charge in [-0.15, -0.1) is 0 Å². The number of nitrogens with zero attached hydrogens (tertiary/aromatic N) is 2. The topological polar surface area (TPSA) is 52.6 Å². The predicted molar refractivity (Wildman–Crippen MR) is 90.6 cm³/mol. The Kier molecular flexibility index (Phi) is 5.97. The molecular formula is C16H22BrN3O2. The van der Waals surface area contributed by atoms with Crippen molar-refractivity contribution in [2.75, 3.05) is 39.0 Å². The standard InChI is InChI=1S/C16H22BrN3O2/c1-19(2)8-5-9-20-11-12(10-15(20)21)16(22)18-14-7-4-3-6-13(14)17/h3-4,6-7,12H,5,8-11H2,1-2H3,(H,18,22). The van der Waals surface area contributed by atoms with Gasteiger partial charge in [0.1, 0.15) is 0 Å². The van der Waals surface area contributed by atoms with E-state index in [1.807, 2.05) is 38.4 Å². The molecular weight excluding hydrogens is 346 g/mol. The largest absolute Gasteiger partial charge is 0.342 e. The van der Waals surface area contributed by atoms with Crippen LogP contribution in [0.25, 0.3) is 0 Å². The smallest absolute Gasteiger partial charge is 0.229 e. The summed E-state index contributed by atoms with van der Waals surface area (Å²) in [6.07, 6.45) is 1.23. The fraction of sp³-hybridized carbons (Fsp3) is 0.500. The molecule has 22 heavy (non-hydrogen) atoms. The lowest BCUT2D eigenvalue weighted by molar-refractivity contribution is -0.128. The maximum atomic E-state index is 12.3. The minimum atomic E-state index is -0.265. The number of nitrogens with one attached hydrogen (secondary N) is 1. The van der Waals surface area contributed by atoms with Gasteiger partial charge in [0, 0.05) is 24.0 Å². The molecule has 5 nitrogen and oxygen atoms in total. The van der Waals surface area contributed by atoms with E-state index >= 15 is 0 Å². The van der Waals surface area contributed by atoms with Gasteiger partial charge in [-0.25, -0.2) is 0 Å². The normalized spacial score (nSPS) is 18.1. The van der Waals surface area contributed by atoms with Crippen molar-refractivity contribution >= 4 is 33.4 Å². The molecule has 1 N–H and O–H groups in total. The number of anilines is 1. The van der Waals surface area contributed by atoms with Crippen LogP contribution in [0, 0.1) is 5.92 Å². The number of halogens is 1. The first kappa shape index (κ1) is 17.0. The average molecular weight is 368 g/mol. The molecule has 0 aromatic heterocycles. The lowest BCUT2D eigenvalue weighted by Gasteiger charge is -2.18. The number of para-hydroxylation sites is 1. The fourth-order valence-electron chi connectivity index (χ4n) is 2.54. The molecule has 120 valence electrons. The molecule has 1 aliphatic heterocycles. The van der Waals surface area contributed by atoms with Gasteiger partial charge >= 0.3 is 0 Å². The third-order valence-corrected chi connectivity index (χ3v) is 4.44. The Balaban J connectivity index is 1.87. The van der Waals surface area contributed by atoms with E-state index in [0.717, 1.165) is 29.7 Å². The van der Waals surface area contributed by atoms with Gasteiger partial charge in [-0.05, 0) is 55.1 Å². The molecule has 0 spiro atoms. The van der Waals surface area contributed by atoms with Gasteiger partial charge in [-0.2, -0.15) is 0 Å². The molecule has 0 radical (unpaired) electrons. The van der Waals surface area contributed by atoms with Crippen LogP contribution in [0.4, 0.5) is 5.69 Å². The van der Waals surface area contributed by atoms with Crippen LogP contribution in [0.3, 0.4) is 0 Å². The molecule has 6 heteroatoms. The zero-order chi connectivity index (χ0) is 16.1. The summed E-state index contributed by atoms with van der Waals surface area (Å²) in [6, 6.07) is 7.48. The van der Waals surface area contributed by atoms with E-state index in [9.17, 15) is 9.59 Å². The van der Waals surface area contributed by atoms with Crippen molar-refractivity contribution in [1.82, 2.24) is 9.80 Å². The molecule has 0 saturated carbocycles. The van der Waals surface area contributed by atoms with E-state index < -0.39 is 0 Å². The number of hydrogen-bond donors (Lipinski definition) is 1. The second-order valence-corrected chi connectivity index (χ2v) is 6.72. The van der Waals surface area contributed by atoms with Crippen LogP contribution < -0.4 is 5.32 Å². The summed E-state index contributed by atoms with van der Waals surface area (Å²) in [7, 11) is 4.03. The van der Waals surface area contributed by atoms with E-state index in [1.54, 1.807) is 4.90 Å². The molecule has 0 bridgehead atoms. The Hall–Kier alpha value is -1.40. The van der Waals surface area contributed by atoms with E-state index in [0.29, 0.717) is 13.0 Å². The zero-order valence-electron chi connectivity index (χ0n) is 13.0. The van der Waals surface area contributed by atoms with Crippen LogP contribution in [0.2, 0.25) is 0 Å². The summed E-state index contributed by atoms with van der Waals surface area (Å²) in [5.74, 6) is -0.277. The minimum Gasteiger partial charge on any atom is -0.342 e. The average Bonchev–Trinajstić information content (AvgIpc) is 2.83. The quantitative estimate of drug-likeness (QED) is 0.838. The SMILES string of the molecule is CN(C)CCCN1CC(C(=O)Nc2ccccc2Br)CC1=O. The van der Waals surface area contributed by atoms with Gasteiger partial charge in [-0.1, -0.05) is 12.1 Å². The summed E-state index contributed by atoms with van der Waals surface area (Å²) in [5, 5.41) is 2.89. The van der Waals surface area contributed by atoms with Crippen LogP contribution in [0.5, 0.6) is 0 Å². The molecule has 1 heterocycles. The van der Waals surface area contributed by atoms with E-state index in [1.165, 1.54) is 0 Å². The van der Waals surface area contributed by atoms with Crippen molar-refractivity contribution in [2.45, 2.75) is 12.8 Å². The van der Waals surface area contributed by atoms with Crippen molar-refractivity contribution in [3.8, 4) is 0 Å². The molecule has 2 rings (SSSR count). The lowest BCUT2D eigenvalue weighted by atomic mass is 10.1. The molecule has 1 aromatic rings. The number of amides is 2. The summed E-state index contributed by atoms with van der Waals surface area (Å²) >= 11 is 3.41. The van der Waals surface area contributed by atoms with E-state index in [2.05, 4.69) is 26.1 Å². The third-order valence-electron chi connectivity index (χ3n) is 3.75. The van der Waals surface area contributed by atoms with E-state index in [-0.39, 0.29) is 17.7 Å². The first-order valence-electron chi connectivity index (χ1n) is 7.45. The number of rotatable bonds is 6. The molecule has 2 amide bonds. The van der Waals surface area contributed by atoms with Crippen LogP contribution >= 0.6 is 15.9 Å². The van der Waals surface area contributed by atoms with Gasteiger partial charge in [0.15, 0.2) is 0 Å². The van der Waals surface area contributed by atoms with Gasteiger partial charge in [-0.3, -0.25) is 9.59 Å². The van der Waals surface area contributed by atoms with Gasteiger partial charge < -0.3 is 15.1 Å². The second kappa shape index (κ2) is 7.74. The predicted octanol–water partition coefficient (Wildman–Crippen LogP) is 2.19. The lowest BCUT2D eigenvalue weighted by Crippen LogP contribution is -2.30. The van der Waals surface area contributed by atoms with Gasteiger partial charge in [0.25, 0.3) is 0 Å². The van der Waals surface area contributed by atoms with Crippen molar-refractivity contribution in [3.63, 3.8) is 0 Å². The first-order valence-corrected chi connectivity index (χ1v) is 8.24. The van der Waals surface area contributed by atoms with Gasteiger partial charge in [0.05, 0.1) is 11.6 Å². The maximum absolute atomic E-state index is 12.3. The maximum Gasteiger partial charge on any atom is 0.229 e. The van der Waals surface area contributed by atoms with Crippen molar-refractivity contribution in [2.24, 2.45) is 5.92 Å². The molecule has 1 aromatic carbocycles. The summed E-state index contributed by atoms with van der Waals surface area (Å²) in [6.45, 7) is 2.18. The summed E-state index contributed by atoms with van der Waals surface area (Å²) in [4.78, 5) is 28.2. The van der Waals surface area contributed by atoms with Crippen LogP contribution in [-0.2, 0) is 9.59 Å². The Labute approximate surface area is 139 Å². The number of benzene rings is 1. The Bertz CT molecular complexity index is 548. The Morgan fingerprint density at radius 1 is 1.41 bits per heavy atom. The number of hydrogen-bond acceptors (Lipinski definition) is 3. The monoisotopic (exact) mass is 367 g/mol. The highest BCUT2D eigenvalue weighted by molar-refractivity contribution is 9.10. The Morgan fingerprint density at radius 3 is 2.82 bits per heavy atom. The first-order chi connectivity index (χ1) is 10.5. The minimum absolute atomic E-state index is 0.0750. The third kappa shape index (κ3) is 4.55. The Morgan fingerprint density at radius 2 is 2.14 bits per heavy atom. The van der Waals surface area contributed by atoms with Crippen molar-refractivity contribution < 1.29 is 9.59 Å². The molecule has 1 saturated heterocycles. The fourth-order valence-corrected chi connectivity index (χ4v) is 2.92. The number of carbonyl (C=O) groups excluding carboxylic acids is 2. The highest BCUT2D eigenvalue weighted by Crippen LogP contribution is 2.24. The molecule has 0 aliphatic carbocycles. The highest BCUT2D eigenvalue weighted by atomic mass is 79.9. The van der Waals surface area contributed by atoms with Crippen molar-refractivity contribution in [1.29, 1.82) is 0 Å². The number of carbonyl (C=O) groups is 2. The van der Waals surface area contributed by atoms with Crippen LogP contribution in [-0.4, -0.2) is 55.3 Å². The number of likely N-dealkylation sites (tertiary alicyclic amines) is 1. The van der Waals surface area contributed by atoms with Crippen LogP contribution in [0.1, 0.15) is 12.8 Å². The van der Waals surface area contributed by atoms with Crippen LogP contribution in [0.15, 0.2) is 28.7 Å². The molecule has 1 aliphatic rings. The second-order valence-electron chi connectivity index (χ2n) is 5.87. The highest BCUT2D eigenvalue weighted by Gasteiger charge is 2.34. The molecule has 1 fully saturated rings. The molecule has 1 atom stereocenters. The summed E-state index contributed by atoms with van der Waals surface area (Å²) in [5.41, 5.74) is 0.742.